The van der Waals surface area contributed by atoms with Crippen LogP contribution in [0.2, 0.25) is 0 Å². The highest BCUT2D eigenvalue weighted by molar-refractivity contribution is 7.90. The van der Waals surface area contributed by atoms with E-state index in [-0.39, 0.29) is 10.9 Å². The van der Waals surface area contributed by atoms with E-state index in [1.165, 1.54) is 6.26 Å². The van der Waals surface area contributed by atoms with Crippen molar-refractivity contribution in [2.24, 2.45) is 7.05 Å². The van der Waals surface area contributed by atoms with Crippen molar-refractivity contribution in [3.8, 4) is 11.1 Å². The highest BCUT2D eigenvalue weighted by Crippen LogP contribution is 2.30. The molecule has 0 amide bonds. The Hall–Kier alpha value is -3.51. The molecular formula is C22H24N6O4S2. The van der Waals surface area contributed by atoms with Crippen LogP contribution in [0.3, 0.4) is 0 Å². The molecule has 2 aromatic heterocycles. The molecule has 2 heterocycles. The van der Waals surface area contributed by atoms with Crippen LogP contribution in [0.4, 0.5) is 17.5 Å². The van der Waals surface area contributed by atoms with Crippen molar-refractivity contribution in [3.63, 3.8) is 0 Å². The maximum atomic E-state index is 12.0. The Labute approximate surface area is 197 Å². The Morgan fingerprint density at radius 3 is 2.29 bits per heavy atom. The third kappa shape index (κ3) is 5.02. The highest BCUT2D eigenvalue weighted by Gasteiger charge is 2.18. The summed E-state index contributed by atoms with van der Waals surface area (Å²) in [7, 11) is -3.14. The van der Waals surface area contributed by atoms with Crippen LogP contribution in [-0.4, -0.2) is 55.9 Å². The molecule has 10 nitrogen and oxygen atoms in total. The number of imidazole rings is 1. The predicted molar refractivity (Wildman–Crippen MR) is 133 cm³/mol. The van der Waals surface area contributed by atoms with E-state index in [4.69, 9.17) is 0 Å². The van der Waals surface area contributed by atoms with Gasteiger partial charge in [-0.25, -0.2) is 26.8 Å². The zero-order valence-corrected chi connectivity index (χ0v) is 20.7. The van der Waals surface area contributed by atoms with Gasteiger partial charge < -0.3 is 15.2 Å². The second-order valence-corrected chi connectivity index (χ2v) is 12.1. The van der Waals surface area contributed by atoms with Gasteiger partial charge in [0.2, 0.25) is 20.9 Å². The fraction of sp³-hybridized carbons (Fsp3) is 0.227. The van der Waals surface area contributed by atoms with Crippen LogP contribution in [0, 0.1) is 0 Å². The molecule has 4 aromatic rings. The molecule has 0 aliphatic rings. The summed E-state index contributed by atoms with van der Waals surface area (Å²) >= 11 is 0. The van der Waals surface area contributed by atoms with Gasteiger partial charge >= 0.3 is 0 Å². The van der Waals surface area contributed by atoms with Crippen LogP contribution >= 0.6 is 0 Å². The number of benzene rings is 2. The molecule has 12 heteroatoms. The number of fused-ring (bicyclic) bond motifs is 1. The van der Waals surface area contributed by atoms with E-state index >= 15 is 0 Å². The van der Waals surface area contributed by atoms with E-state index < -0.39 is 19.7 Å². The van der Waals surface area contributed by atoms with Gasteiger partial charge in [0.05, 0.1) is 16.8 Å². The summed E-state index contributed by atoms with van der Waals surface area (Å²) < 4.78 is 48.5. The number of nitrogens with zero attached hydrogens (tertiary/aromatic N) is 4. The number of nitrogens with one attached hydrogen (secondary N) is 2. The summed E-state index contributed by atoms with van der Waals surface area (Å²) in [4.78, 5) is 13.2. The van der Waals surface area contributed by atoms with Crippen molar-refractivity contribution in [1.82, 2.24) is 19.5 Å². The lowest BCUT2D eigenvalue weighted by atomic mass is 10.1. The van der Waals surface area contributed by atoms with Crippen LogP contribution in [0.15, 0.2) is 53.8 Å². The van der Waals surface area contributed by atoms with Crippen molar-refractivity contribution in [1.29, 1.82) is 0 Å². The first-order valence-corrected chi connectivity index (χ1v) is 14.2. The minimum Gasteiger partial charge on any atom is -0.372 e. The van der Waals surface area contributed by atoms with Gasteiger partial charge in [0.1, 0.15) is 5.82 Å². The predicted octanol–water partition coefficient (Wildman–Crippen LogP) is 2.76. The second kappa shape index (κ2) is 8.69. The number of aryl methyl sites for hydroxylation is 1. The second-order valence-electron chi connectivity index (χ2n) is 8.03. The molecule has 0 atom stereocenters. The smallest absolute Gasteiger partial charge is 0.229 e. The SMILES string of the molecule is CNc1nc(Nc2ccc(CS(C)(=O)=O)cc2)ncc1-c1ccc2c(c1)nc(S(C)(=O)=O)n2C. The van der Waals surface area contributed by atoms with Gasteiger partial charge in [0.25, 0.3) is 0 Å². The number of hydrogen-bond donors (Lipinski definition) is 2. The Balaban J connectivity index is 1.63. The molecule has 0 radical (unpaired) electrons. The monoisotopic (exact) mass is 500 g/mol. The highest BCUT2D eigenvalue weighted by atomic mass is 32.2. The summed E-state index contributed by atoms with van der Waals surface area (Å²) in [6.45, 7) is 0. The fourth-order valence-corrected chi connectivity index (χ4v) is 5.29. The van der Waals surface area contributed by atoms with Crippen LogP contribution in [-0.2, 0) is 32.5 Å². The Kier molecular flexibility index (Phi) is 6.04. The van der Waals surface area contributed by atoms with Gasteiger partial charge in [-0.15, -0.1) is 0 Å². The lowest BCUT2D eigenvalue weighted by molar-refractivity contribution is 0.586. The minimum absolute atomic E-state index is 0.00634. The topological polar surface area (TPSA) is 136 Å². The Morgan fingerprint density at radius 2 is 1.68 bits per heavy atom. The van der Waals surface area contributed by atoms with E-state index in [9.17, 15) is 16.8 Å². The molecule has 0 bridgehead atoms. The summed E-state index contributed by atoms with van der Waals surface area (Å²) in [5, 5.41) is 6.18. The number of anilines is 3. The van der Waals surface area contributed by atoms with E-state index in [0.717, 1.165) is 23.1 Å². The summed E-state index contributed by atoms with van der Waals surface area (Å²) in [6.07, 6.45) is 4.00. The van der Waals surface area contributed by atoms with Crippen molar-refractivity contribution in [2.45, 2.75) is 10.9 Å². The van der Waals surface area contributed by atoms with Crippen LogP contribution in [0.1, 0.15) is 5.56 Å². The van der Waals surface area contributed by atoms with Crippen molar-refractivity contribution >= 4 is 48.2 Å². The van der Waals surface area contributed by atoms with Crippen molar-refractivity contribution in [2.75, 3.05) is 30.2 Å². The normalized spacial score (nSPS) is 12.1. The van der Waals surface area contributed by atoms with Crippen molar-refractivity contribution < 1.29 is 16.8 Å². The van der Waals surface area contributed by atoms with E-state index in [1.54, 1.807) is 55.2 Å². The average Bonchev–Trinajstić information content (AvgIpc) is 3.10. The minimum atomic E-state index is -3.46. The molecular weight excluding hydrogens is 476 g/mol. The first kappa shape index (κ1) is 23.6. The summed E-state index contributed by atoms with van der Waals surface area (Å²) in [5.74, 6) is 0.918. The molecule has 0 saturated heterocycles. The Bertz CT molecular complexity index is 1590. The van der Waals surface area contributed by atoms with E-state index in [0.29, 0.717) is 28.4 Å². The zero-order valence-electron chi connectivity index (χ0n) is 19.1. The zero-order chi connectivity index (χ0) is 24.7. The molecule has 0 saturated carbocycles. The number of rotatable bonds is 7. The molecule has 0 aliphatic heterocycles. The fourth-order valence-electron chi connectivity index (χ4n) is 3.64. The van der Waals surface area contributed by atoms with Crippen molar-refractivity contribution in [3.05, 3.63) is 54.2 Å². The number of aromatic nitrogens is 4. The third-order valence-electron chi connectivity index (χ3n) is 5.15. The molecule has 2 N–H and O–H groups in total. The van der Waals surface area contributed by atoms with Gasteiger partial charge in [-0.3, -0.25) is 0 Å². The summed E-state index contributed by atoms with van der Waals surface area (Å²) in [5.41, 5.74) is 4.18. The maximum absolute atomic E-state index is 12.0. The molecule has 4 rings (SSSR count). The first-order chi connectivity index (χ1) is 15.9. The van der Waals surface area contributed by atoms with Gasteiger partial charge in [0, 0.05) is 44.1 Å². The lowest BCUT2D eigenvalue weighted by Gasteiger charge is -2.11. The molecule has 34 heavy (non-hydrogen) atoms. The first-order valence-electron chi connectivity index (χ1n) is 10.2. The molecule has 0 unspecified atom stereocenters. The molecule has 0 spiro atoms. The average molecular weight is 501 g/mol. The van der Waals surface area contributed by atoms with Gasteiger partial charge in [-0.05, 0) is 35.4 Å². The maximum Gasteiger partial charge on any atom is 0.229 e. The van der Waals surface area contributed by atoms with Gasteiger partial charge in [-0.2, -0.15) is 4.98 Å². The number of sulfone groups is 2. The third-order valence-corrected chi connectivity index (χ3v) is 7.03. The molecule has 178 valence electrons. The van der Waals surface area contributed by atoms with Crippen LogP contribution < -0.4 is 10.6 Å². The summed E-state index contributed by atoms with van der Waals surface area (Å²) in [6, 6.07) is 12.5. The van der Waals surface area contributed by atoms with Crippen LogP contribution in [0.25, 0.3) is 22.2 Å². The largest absolute Gasteiger partial charge is 0.372 e. The van der Waals surface area contributed by atoms with E-state index in [2.05, 4.69) is 25.6 Å². The standard InChI is InChI=1S/C22H24N6O4S2/c1-23-20-17(15-7-10-19-18(11-15)26-22(28(19)2)34(4,31)32)12-24-21(27-20)25-16-8-5-14(6-9-16)13-33(3,29)30/h5-12H,13H2,1-4H3,(H2,23,24,25,27). The Morgan fingerprint density at radius 1 is 0.971 bits per heavy atom. The number of hydrogen-bond acceptors (Lipinski definition) is 9. The molecule has 2 aromatic carbocycles. The quantitative estimate of drug-likeness (QED) is 0.392. The molecule has 0 fully saturated rings. The van der Waals surface area contributed by atoms with Crippen LogP contribution in [0.5, 0.6) is 0 Å². The lowest BCUT2D eigenvalue weighted by Crippen LogP contribution is -2.05. The molecule has 0 aliphatic carbocycles. The van der Waals surface area contributed by atoms with Gasteiger partial charge in [-0.1, -0.05) is 18.2 Å². The van der Waals surface area contributed by atoms with E-state index in [1.807, 2.05) is 12.1 Å². The van der Waals surface area contributed by atoms with Gasteiger partial charge in [0.15, 0.2) is 9.84 Å².